The van der Waals surface area contributed by atoms with Crippen molar-refractivity contribution in [3.8, 4) is 0 Å². The highest BCUT2D eigenvalue weighted by Crippen LogP contribution is 2.38. The zero-order chi connectivity index (χ0) is 14.0. The summed E-state index contributed by atoms with van der Waals surface area (Å²) >= 11 is 0. The normalized spacial score (nSPS) is 29.8. The van der Waals surface area contributed by atoms with Crippen LogP contribution in [0.5, 0.6) is 0 Å². The van der Waals surface area contributed by atoms with Crippen molar-refractivity contribution in [1.29, 1.82) is 0 Å². The molecule has 20 heavy (non-hydrogen) atoms. The summed E-state index contributed by atoms with van der Waals surface area (Å²) in [6.07, 6.45) is 6.82. The van der Waals surface area contributed by atoms with E-state index in [2.05, 4.69) is 49.5 Å². The Morgan fingerprint density at radius 3 is 2.45 bits per heavy atom. The van der Waals surface area contributed by atoms with E-state index in [9.17, 15) is 0 Å². The van der Waals surface area contributed by atoms with Crippen molar-refractivity contribution in [2.24, 2.45) is 5.92 Å². The molecule has 0 amide bonds. The minimum Gasteiger partial charge on any atom is -0.370 e. The van der Waals surface area contributed by atoms with Gasteiger partial charge in [0.1, 0.15) is 0 Å². The van der Waals surface area contributed by atoms with Gasteiger partial charge in [-0.1, -0.05) is 63.4 Å². The van der Waals surface area contributed by atoms with Crippen molar-refractivity contribution in [1.82, 2.24) is 5.32 Å². The number of ether oxygens (including phenoxy) is 1. The molecule has 2 heteroatoms. The smallest absolute Gasteiger partial charge is 0.0981 e. The summed E-state index contributed by atoms with van der Waals surface area (Å²) in [4.78, 5) is 0. The van der Waals surface area contributed by atoms with Gasteiger partial charge in [-0.3, -0.25) is 0 Å². The topological polar surface area (TPSA) is 21.3 Å². The maximum atomic E-state index is 6.37. The van der Waals surface area contributed by atoms with E-state index in [1.165, 1.54) is 37.7 Å². The first-order chi connectivity index (χ1) is 9.70. The van der Waals surface area contributed by atoms with E-state index >= 15 is 0 Å². The van der Waals surface area contributed by atoms with Gasteiger partial charge in [0, 0.05) is 11.6 Å². The fraction of sp³-hybridized carbons (Fsp3) is 0.667. The van der Waals surface area contributed by atoms with Gasteiger partial charge in [0.15, 0.2) is 0 Å². The molecule has 1 aliphatic carbocycles. The summed E-state index contributed by atoms with van der Waals surface area (Å²) in [5.74, 6) is 0.583. The molecule has 1 aromatic rings. The summed E-state index contributed by atoms with van der Waals surface area (Å²) in [7, 11) is 0. The number of rotatable bonds is 2. The quantitative estimate of drug-likeness (QED) is 0.877. The molecule has 2 aliphatic rings. The van der Waals surface area contributed by atoms with Crippen molar-refractivity contribution in [2.45, 2.75) is 63.6 Å². The highest BCUT2D eigenvalue weighted by molar-refractivity contribution is 5.21. The fourth-order valence-corrected chi connectivity index (χ4v) is 3.80. The zero-order valence-electron chi connectivity index (χ0n) is 12.8. The highest BCUT2D eigenvalue weighted by atomic mass is 16.5. The van der Waals surface area contributed by atoms with E-state index in [0.717, 1.165) is 6.61 Å². The predicted octanol–water partition coefficient (Wildman–Crippen LogP) is 4.08. The third-order valence-corrected chi connectivity index (χ3v) is 5.00. The van der Waals surface area contributed by atoms with Crippen molar-refractivity contribution >= 4 is 0 Å². The second-order valence-corrected chi connectivity index (χ2v) is 6.90. The van der Waals surface area contributed by atoms with Crippen LogP contribution in [-0.2, 0) is 4.74 Å². The van der Waals surface area contributed by atoms with Crippen LogP contribution in [0.2, 0.25) is 0 Å². The van der Waals surface area contributed by atoms with Gasteiger partial charge < -0.3 is 10.1 Å². The van der Waals surface area contributed by atoms with Crippen LogP contribution in [0.15, 0.2) is 30.3 Å². The van der Waals surface area contributed by atoms with Crippen molar-refractivity contribution < 1.29 is 4.74 Å². The first kappa shape index (κ1) is 14.1. The lowest BCUT2D eigenvalue weighted by Crippen LogP contribution is -2.62. The Bertz CT molecular complexity index is 422. The largest absolute Gasteiger partial charge is 0.370 e. The van der Waals surface area contributed by atoms with Crippen LogP contribution in [-0.4, -0.2) is 18.2 Å². The van der Waals surface area contributed by atoms with Gasteiger partial charge in [0.25, 0.3) is 0 Å². The standard InChI is InChI=1S/C18H27NO/c1-14(2)16-17(15-9-5-3-6-10-15)20-13-18(19-16)11-7-4-8-12-18/h3,5-6,9-10,14,16-17,19H,4,7-8,11-13H2,1-2H3. The first-order valence-electron chi connectivity index (χ1n) is 8.14. The third-order valence-electron chi connectivity index (χ3n) is 5.00. The number of nitrogens with one attached hydrogen (secondary N) is 1. The Kier molecular flexibility index (Phi) is 4.13. The molecule has 3 rings (SSSR count). The molecular formula is C18H27NO. The van der Waals surface area contributed by atoms with Gasteiger partial charge in [0.2, 0.25) is 0 Å². The van der Waals surface area contributed by atoms with Gasteiger partial charge >= 0.3 is 0 Å². The third kappa shape index (κ3) is 2.77. The van der Waals surface area contributed by atoms with Gasteiger partial charge in [-0.2, -0.15) is 0 Å². The molecule has 1 spiro atoms. The Hall–Kier alpha value is -0.860. The molecule has 1 saturated heterocycles. The van der Waals surface area contributed by atoms with Crippen LogP contribution in [0.25, 0.3) is 0 Å². The number of hydrogen-bond acceptors (Lipinski definition) is 2. The Morgan fingerprint density at radius 2 is 1.80 bits per heavy atom. The molecule has 2 atom stereocenters. The van der Waals surface area contributed by atoms with Crippen molar-refractivity contribution in [3.63, 3.8) is 0 Å². The molecule has 0 radical (unpaired) electrons. The molecule has 1 aliphatic heterocycles. The SMILES string of the molecule is CC(C)C1NC2(CCCCC2)COC1c1ccccc1. The van der Waals surface area contributed by atoms with Gasteiger partial charge in [-0.15, -0.1) is 0 Å². The van der Waals surface area contributed by atoms with Crippen LogP contribution in [0, 0.1) is 5.92 Å². The Labute approximate surface area is 122 Å². The van der Waals surface area contributed by atoms with Gasteiger partial charge in [0.05, 0.1) is 12.7 Å². The first-order valence-corrected chi connectivity index (χ1v) is 8.14. The molecule has 1 heterocycles. The summed E-state index contributed by atoms with van der Waals surface area (Å²) in [5, 5.41) is 3.99. The van der Waals surface area contributed by atoms with E-state index in [4.69, 9.17) is 4.74 Å². The lowest BCUT2D eigenvalue weighted by atomic mass is 9.78. The monoisotopic (exact) mass is 273 g/mol. The Morgan fingerprint density at radius 1 is 1.10 bits per heavy atom. The zero-order valence-corrected chi connectivity index (χ0v) is 12.8. The van der Waals surface area contributed by atoms with E-state index < -0.39 is 0 Å². The highest BCUT2D eigenvalue weighted by Gasteiger charge is 2.42. The van der Waals surface area contributed by atoms with E-state index in [-0.39, 0.29) is 11.6 Å². The molecular weight excluding hydrogens is 246 g/mol. The fourth-order valence-electron chi connectivity index (χ4n) is 3.80. The lowest BCUT2D eigenvalue weighted by Gasteiger charge is -2.49. The summed E-state index contributed by atoms with van der Waals surface area (Å²) < 4.78 is 6.37. The average molecular weight is 273 g/mol. The Balaban J connectivity index is 1.80. The molecule has 110 valence electrons. The molecule has 0 aromatic heterocycles. The number of morpholine rings is 1. The lowest BCUT2D eigenvalue weighted by molar-refractivity contribution is -0.0860. The molecule has 2 nitrogen and oxygen atoms in total. The molecule has 0 bridgehead atoms. The van der Waals surface area contributed by atoms with Crippen LogP contribution in [0.4, 0.5) is 0 Å². The summed E-state index contributed by atoms with van der Waals surface area (Å²) in [6, 6.07) is 11.1. The molecule has 1 saturated carbocycles. The molecule has 1 N–H and O–H groups in total. The van der Waals surface area contributed by atoms with E-state index in [0.29, 0.717) is 12.0 Å². The van der Waals surface area contributed by atoms with E-state index in [1.54, 1.807) is 0 Å². The second kappa shape index (κ2) is 5.87. The van der Waals surface area contributed by atoms with Crippen molar-refractivity contribution in [3.05, 3.63) is 35.9 Å². The summed E-state index contributed by atoms with van der Waals surface area (Å²) in [5.41, 5.74) is 1.56. The second-order valence-electron chi connectivity index (χ2n) is 6.90. The van der Waals surface area contributed by atoms with E-state index in [1.807, 2.05) is 0 Å². The molecule has 2 fully saturated rings. The maximum Gasteiger partial charge on any atom is 0.0981 e. The number of hydrogen-bond donors (Lipinski definition) is 1. The summed E-state index contributed by atoms with van der Waals surface area (Å²) in [6.45, 7) is 5.48. The van der Waals surface area contributed by atoms with Crippen LogP contribution < -0.4 is 5.32 Å². The van der Waals surface area contributed by atoms with Gasteiger partial charge in [-0.25, -0.2) is 0 Å². The number of benzene rings is 1. The van der Waals surface area contributed by atoms with Gasteiger partial charge in [-0.05, 0) is 24.3 Å². The molecule has 1 aromatic carbocycles. The minimum atomic E-state index is 0.198. The van der Waals surface area contributed by atoms with Crippen molar-refractivity contribution in [2.75, 3.05) is 6.61 Å². The predicted molar refractivity (Wildman–Crippen MR) is 82.7 cm³/mol. The average Bonchev–Trinajstić information content (AvgIpc) is 2.49. The van der Waals surface area contributed by atoms with Crippen LogP contribution in [0.3, 0.4) is 0 Å². The maximum absolute atomic E-state index is 6.37. The van der Waals surface area contributed by atoms with Crippen LogP contribution >= 0.6 is 0 Å². The molecule has 2 unspecified atom stereocenters. The minimum absolute atomic E-state index is 0.198. The van der Waals surface area contributed by atoms with Crippen LogP contribution in [0.1, 0.15) is 57.6 Å².